The number of fused-ring (bicyclic) bond motifs is 1. The van der Waals surface area contributed by atoms with Gasteiger partial charge in [-0.3, -0.25) is 9.59 Å². The van der Waals surface area contributed by atoms with E-state index in [2.05, 4.69) is 10.6 Å². The van der Waals surface area contributed by atoms with E-state index in [1.54, 1.807) is 24.3 Å². The summed E-state index contributed by atoms with van der Waals surface area (Å²) in [5.41, 5.74) is 1.18. The molecule has 0 saturated heterocycles. The average molecular weight is 380 g/mol. The molecular formula is C21H20N2O3S. The molecule has 0 aliphatic heterocycles. The number of thiophene rings is 1. The van der Waals surface area contributed by atoms with Crippen molar-refractivity contribution in [2.45, 2.75) is 18.9 Å². The number of aliphatic hydroxyl groups excluding tert-OH is 1. The number of rotatable bonds is 6. The molecule has 0 radical (unpaired) electrons. The van der Waals surface area contributed by atoms with Crippen LogP contribution in [0, 0.1) is 5.92 Å². The number of hydrogen-bond acceptors (Lipinski definition) is 4. The first-order valence-electron chi connectivity index (χ1n) is 8.96. The summed E-state index contributed by atoms with van der Waals surface area (Å²) in [6.07, 6.45) is 1.16. The predicted molar refractivity (Wildman–Crippen MR) is 107 cm³/mol. The Morgan fingerprint density at radius 3 is 2.56 bits per heavy atom. The Morgan fingerprint density at radius 1 is 1.11 bits per heavy atom. The average Bonchev–Trinajstić information content (AvgIpc) is 3.45. The molecule has 3 aromatic rings. The molecule has 1 aliphatic carbocycles. The van der Waals surface area contributed by atoms with Crippen LogP contribution in [0.25, 0.3) is 10.1 Å². The summed E-state index contributed by atoms with van der Waals surface area (Å²) in [6, 6.07) is 16.7. The van der Waals surface area contributed by atoms with Crippen molar-refractivity contribution in [2.24, 2.45) is 5.92 Å². The van der Waals surface area contributed by atoms with E-state index in [0.29, 0.717) is 11.3 Å². The van der Waals surface area contributed by atoms with Gasteiger partial charge in [0.1, 0.15) is 6.10 Å². The van der Waals surface area contributed by atoms with Gasteiger partial charge in [-0.25, -0.2) is 0 Å². The molecule has 3 N–H and O–H groups in total. The molecule has 4 rings (SSSR count). The molecule has 1 aliphatic rings. The van der Waals surface area contributed by atoms with Crippen molar-refractivity contribution in [3.05, 3.63) is 65.0 Å². The highest BCUT2D eigenvalue weighted by atomic mass is 32.1. The molecule has 27 heavy (non-hydrogen) atoms. The molecule has 5 nitrogen and oxygen atoms in total. The zero-order valence-corrected chi connectivity index (χ0v) is 15.5. The minimum atomic E-state index is -0.747. The predicted octanol–water partition coefficient (Wildman–Crippen LogP) is 3.71. The Bertz CT molecular complexity index is 944. The lowest BCUT2D eigenvalue weighted by atomic mass is 10.2. The van der Waals surface area contributed by atoms with Gasteiger partial charge >= 0.3 is 0 Å². The molecular weight excluding hydrogens is 360 g/mol. The number of aliphatic hydroxyl groups is 1. The summed E-state index contributed by atoms with van der Waals surface area (Å²) >= 11 is 1.53. The van der Waals surface area contributed by atoms with Crippen molar-refractivity contribution in [3.63, 3.8) is 0 Å². The fourth-order valence-corrected chi connectivity index (χ4v) is 3.90. The smallest absolute Gasteiger partial charge is 0.251 e. The van der Waals surface area contributed by atoms with Crippen LogP contribution in [-0.4, -0.2) is 23.5 Å². The number of hydrogen-bond donors (Lipinski definition) is 3. The summed E-state index contributed by atoms with van der Waals surface area (Å²) in [7, 11) is 0. The third-order valence-electron chi connectivity index (χ3n) is 4.59. The van der Waals surface area contributed by atoms with E-state index in [1.807, 2.05) is 30.3 Å². The Morgan fingerprint density at radius 2 is 1.85 bits per heavy atom. The van der Waals surface area contributed by atoms with E-state index in [0.717, 1.165) is 27.8 Å². The normalized spacial score (nSPS) is 14.7. The molecule has 1 saturated carbocycles. The lowest BCUT2D eigenvalue weighted by Crippen LogP contribution is -2.28. The standard InChI is InChI=1S/C21H20N2O3S/c24-17(19-11-15-3-1-2-4-18(15)27-19)12-22-20(25)13-7-9-16(10-8-13)23-21(26)14-5-6-14/h1-4,7-11,14,17,24H,5-6,12H2,(H,22,25)(H,23,26)/t17-/m1/s1. The highest BCUT2D eigenvalue weighted by molar-refractivity contribution is 7.19. The van der Waals surface area contributed by atoms with E-state index >= 15 is 0 Å². The van der Waals surface area contributed by atoms with Crippen LogP contribution in [-0.2, 0) is 4.79 Å². The Kier molecular flexibility index (Phi) is 4.92. The van der Waals surface area contributed by atoms with Crippen LogP contribution in [0.2, 0.25) is 0 Å². The van der Waals surface area contributed by atoms with Crippen molar-refractivity contribution in [3.8, 4) is 0 Å². The number of anilines is 1. The Labute approximate surface area is 161 Å². The number of amides is 2. The van der Waals surface area contributed by atoms with Crippen LogP contribution in [0.4, 0.5) is 5.69 Å². The van der Waals surface area contributed by atoms with Crippen LogP contribution >= 0.6 is 11.3 Å². The van der Waals surface area contributed by atoms with Crippen LogP contribution < -0.4 is 10.6 Å². The van der Waals surface area contributed by atoms with Gasteiger partial charge in [-0.15, -0.1) is 11.3 Å². The molecule has 1 atom stereocenters. The van der Waals surface area contributed by atoms with Crippen molar-refractivity contribution in [1.82, 2.24) is 5.32 Å². The van der Waals surface area contributed by atoms with Crippen molar-refractivity contribution < 1.29 is 14.7 Å². The summed E-state index contributed by atoms with van der Waals surface area (Å²) < 4.78 is 1.11. The van der Waals surface area contributed by atoms with Gasteiger partial charge in [0.05, 0.1) is 0 Å². The number of benzene rings is 2. The number of nitrogens with one attached hydrogen (secondary N) is 2. The van der Waals surface area contributed by atoms with Crippen LogP contribution in [0.3, 0.4) is 0 Å². The minimum absolute atomic E-state index is 0.0404. The largest absolute Gasteiger partial charge is 0.386 e. The molecule has 0 bridgehead atoms. The number of carbonyl (C=O) groups excluding carboxylic acids is 2. The molecule has 0 unspecified atom stereocenters. The van der Waals surface area contributed by atoms with Gasteiger partial charge in [0, 0.05) is 33.3 Å². The van der Waals surface area contributed by atoms with E-state index in [9.17, 15) is 14.7 Å². The monoisotopic (exact) mass is 380 g/mol. The molecule has 1 heterocycles. The molecule has 2 amide bonds. The molecule has 1 fully saturated rings. The summed E-state index contributed by atoms with van der Waals surface area (Å²) in [5, 5.41) is 17.1. The maximum atomic E-state index is 12.3. The fourth-order valence-electron chi connectivity index (χ4n) is 2.85. The highest BCUT2D eigenvalue weighted by Crippen LogP contribution is 2.30. The third-order valence-corrected chi connectivity index (χ3v) is 5.81. The first-order valence-corrected chi connectivity index (χ1v) is 9.77. The van der Waals surface area contributed by atoms with E-state index in [-0.39, 0.29) is 24.3 Å². The van der Waals surface area contributed by atoms with Gasteiger partial charge in [0.2, 0.25) is 5.91 Å². The van der Waals surface area contributed by atoms with Gasteiger partial charge in [-0.05, 0) is 54.6 Å². The number of carbonyl (C=O) groups is 2. The van der Waals surface area contributed by atoms with Gasteiger partial charge in [0.25, 0.3) is 5.91 Å². The molecule has 6 heteroatoms. The van der Waals surface area contributed by atoms with Gasteiger partial charge in [-0.2, -0.15) is 0 Å². The first kappa shape index (κ1) is 17.7. The van der Waals surface area contributed by atoms with Crippen LogP contribution in [0.1, 0.15) is 34.2 Å². The molecule has 138 valence electrons. The third kappa shape index (κ3) is 4.18. The quantitative estimate of drug-likeness (QED) is 0.610. The fraction of sp³-hybridized carbons (Fsp3) is 0.238. The van der Waals surface area contributed by atoms with Crippen molar-refractivity contribution >= 4 is 38.9 Å². The second kappa shape index (κ2) is 7.50. The maximum Gasteiger partial charge on any atom is 0.251 e. The summed E-state index contributed by atoms with van der Waals surface area (Å²) in [4.78, 5) is 24.9. The lowest BCUT2D eigenvalue weighted by molar-refractivity contribution is -0.117. The SMILES string of the molecule is O=C(NC[C@@H](O)c1cc2ccccc2s1)c1ccc(NC(=O)C2CC2)cc1. The second-order valence-electron chi connectivity index (χ2n) is 6.75. The summed E-state index contributed by atoms with van der Waals surface area (Å²) in [5.74, 6) is -0.0720. The van der Waals surface area contributed by atoms with Crippen molar-refractivity contribution in [2.75, 3.05) is 11.9 Å². The molecule has 1 aromatic heterocycles. The molecule has 2 aromatic carbocycles. The zero-order chi connectivity index (χ0) is 18.8. The van der Waals surface area contributed by atoms with Crippen LogP contribution in [0.15, 0.2) is 54.6 Å². The topological polar surface area (TPSA) is 78.4 Å². The van der Waals surface area contributed by atoms with E-state index in [1.165, 1.54) is 11.3 Å². The Balaban J connectivity index is 1.33. The minimum Gasteiger partial charge on any atom is -0.386 e. The highest BCUT2D eigenvalue weighted by Gasteiger charge is 2.29. The van der Waals surface area contributed by atoms with Gasteiger partial charge < -0.3 is 15.7 Å². The van der Waals surface area contributed by atoms with E-state index in [4.69, 9.17) is 0 Å². The maximum absolute atomic E-state index is 12.3. The first-order chi connectivity index (χ1) is 13.1. The zero-order valence-electron chi connectivity index (χ0n) is 14.6. The van der Waals surface area contributed by atoms with Gasteiger partial charge in [-0.1, -0.05) is 18.2 Å². The van der Waals surface area contributed by atoms with Crippen LogP contribution in [0.5, 0.6) is 0 Å². The lowest BCUT2D eigenvalue weighted by Gasteiger charge is -2.11. The molecule has 0 spiro atoms. The summed E-state index contributed by atoms with van der Waals surface area (Å²) in [6.45, 7) is 0.145. The van der Waals surface area contributed by atoms with Gasteiger partial charge in [0.15, 0.2) is 0 Å². The van der Waals surface area contributed by atoms with Crippen molar-refractivity contribution in [1.29, 1.82) is 0 Å². The van der Waals surface area contributed by atoms with E-state index < -0.39 is 6.10 Å². The Hall–Kier alpha value is -2.70. The second-order valence-corrected chi connectivity index (χ2v) is 7.87.